The number of ether oxygens (including phenoxy) is 1. The van der Waals surface area contributed by atoms with E-state index >= 15 is 0 Å². The second-order valence-electron chi connectivity index (χ2n) is 6.44. The highest BCUT2D eigenvalue weighted by Crippen LogP contribution is 2.37. The third kappa shape index (κ3) is 3.83. The molecule has 6 heteroatoms. The van der Waals surface area contributed by atoms with Gasteiger partial charge in [0.15, 0.2) is 0 Å². The predicted molar refractivity (Wildman–Crippen MR) is 105 cm³/mol. The molecule has 0 unspecified atom stereocenters. The average Bonchev–Trinajstić information content (AvgIpc) is 2.81. The molecule has 1 atom stereocenters. The Kier molecular flexibility index (Phi) is 5.79. The number of benzene rings is 1. The molecule has 0 radical (unpaired) electrons. The lowest BCUT2D eigenvalue weighted by atomic mass is 10.1. The molecule has 3 rings (SSSR count). The first-order chi connectivity index (χ1) is 12.6. The first-order valence-corrected chi connectivity index (χ1v) is 9.70. The molecule has 0 spiro atoms. The number of hydrogen-bond donors (Lipinski definition) is 2. The van der Waals surface area contributed by atoms with E-state index in [1.165, 1.54) is 11.3 Å². The van der Waals surface area contributed by atoms with Gasteiger partial charge in [0.25, 0.3) is 0 Å². The molecule has 0 fully saturated rings. The molecule has 0 saturated carbocycles. The van der Waals surface area contributed by atoms with E-state index in [2.05, 4.69) is 16.7 Å². The second kappa shape index (κ2) is 8.24. The highest BCUT2D eigenvalue weighted by molar-refractivity contribution is 7.16. The Balaban J connectivity index is 1.74. The fraction of sp³-hybridized carbons (Fsp3) is 0.400. The van der Waals surface area contributed by atoms with Crippen LogP contribution in [0, 0.1) is 11.3 Å². The molecule has 0 bridgehead atoms. The van der Waals surface area contributed by atoms with Crippen molar-refractivity contribution in [1.82, 2.24) is 0 Å². The van der Waals surface area contributed by atoms with Gasteiger partial charge in [-0.15, -0.1) is 11.3 Å². The van der Waals surface area contributed by atoms with Crippen LogP contribution >= 0.6 is 11.3 Å². The van der Waals surface area contributed by atoms with Crippen molar-refractivity contribution in [3.8, 4) is 11.8 Å². The van der Waals surface area contributed by atoms with Crippen molar-refractivity contribution >= 4 is 27.9 Å². The summed E-state index contributed by atoms with van der Waals surface area (Å²) in [5.41, 5.74) is 2.54. The Labute approximate surface area is 158 Å². The Morgan fingerprint density at radius 2 is 2.04 bits per heavy atom. The Hall–Kier alpha value is -2.52. The summed E-state index contributed by atoms with van der Waals surface area (Å²) >= 11 is 1.55. The van der Waals surface area contributed by atoms with Crippen molar-refractivity contribution in [2.75, 3.05) is 17.7 Å². The average molecular weight is 369 g/mol. The van der Waals surface area contributed by atoms with Crippen molar-refractivity contribution in [1.29, 1.82) is 5.26 Å². The predicted octanol–water partition coefficient (Wildman–Crippen LogP) is 4.34. The van der Waals surface area contributed by atoms with Crippen LogP contribution in [-0.2, 0) is 17.6 Å². The number of carbonyl (C=O) groups is 1. The van der Waals surface area contributed by atoms with E-state index in [4.69, 9.17) is 4.74 Å². The van der Waals surface area contributed by atoms with Gasteiger partial charge in [-0.2, -0.15) is 5.26 Å². The number of nitrogens with zero attached hydrogens (tertiary/aromatic N) is 1. The fourth-order valence-corrected chi connectivity index (χ4v) is 4.47. The van der Waals surface area contributed by atoms with E-state index in [0.29, 0.717) is 16.3 Å². The minimum atomic E-state index is -0.459. The summed E-state index contributed by atoms with van der Waals surface area (Å²) in [6.45, 7) is 1.80. The molecule has 0 aliphatic heterocycles. The summed E-state index contributed by atoms with van der Waals surface area (Å²) < 4.78 is 5.31. The molecule has 1 amide bonds. The monoisotopic (exact) mass is 369 g/mol. The summed E-state index contributed by atoms with van der Waals surface area (Å²) in [6, 6.07) is 9.33. The van der Waals surface area contributed by atoms with Crippen LogP contribution in [0.1, 0.15) is 42.2 Å². The first kappa shape index (κ1) is 18.3. The van der Waals surface area contributed by atoms with E-state index in [9.17, 15) is 10.1 Å². The Morgan fingerprint density at radius 1 is 1.27 bits per heavy atom. The maximum Gasteiger partial charge on any atom is 0.247 e. The number of anilines is 2. The zero-order valence-corrected chi connectivity index (χ0v) is 15.9. The number of para-hydroxylation sites is 2. The maximum absolute atomic E-state index is 12.6. The van der Waals surface area contributed by atoms with Gasteiger partial charge in [0.05, 0.1) is 18.4 Å². The largest absolute Gasteiger partial charge is 0.495 e. The summed E-state index contributed by atoms with van der Waals surface area (Å²) in [5, 5.41) is 16.4. The molecule has 2 N–H and O–H groups in total. The van der Waals surface area contributed by atoms with E-state index in [-0.39, 0.29) is 5.91 Å². The van der Waals surface area contributed by atoms with Gasteiger partial charge in [0, 0.05) is 4.88 Å². The lowest BCUT2D eigenvalue weighted by Gasteiger charge is -2.17. The summed E-state index contributed by atoms with van der Waals surface area (Å²) in [5.74, 6) is 0.525. The van der Waals surface area contributed by atoms with Crippen molar-refractivity contribution < 1.29 is 9.53 Å². The number of hydrogen-bond acceptors (Lipinski definition) is 5. The number of fused-ring (bicyclic) bond motifs is 1. The van der Waals surface area contributed by atoms with E-state index in [1.54, 1.807) is 25.4 Å². The topological polar surface area (TPSA) is 74.2 Å². The SMILES string of the molecule is COc1ccccc1N[C@H](C)C(=O)Nc1sc2c(c1C#N)CCCCC2. The molecule has 1 heterocycles. The molecule has 2 aromatic rings. The van der Waals surface area contributed by atoms with Crippen molar-refractivity contribution in [3.05, 3.63) is 40.3 Å². The maximum atomic E-state index is 12.6. The zero-order chi connectivity index (χ0) is 18.5. The van der Waals surface area contributed by atoms with Gasteiger partial charge in [-0.05, 0) is 50.3 Å². The number of nitriles is 1. The number of amides is 1. The van der Waals surface area contributed by atoms with Gasteiger partial charge in [-0.25, -0.2) is 0 Å². The van der Waals surface area contributed by atoms with Gasteiger partial charge >= 0.3 is 0 Å². The highest BCUT2D eigenvalue weighted by Gasteiger charge is 2.23. The smallest absolute Gasteiger partial charge is 0.247 e. The number of nitrogens with one attached hydrogen (secondary N) is 2. The van der Waals surface area contributed by atoms with Gasteiger partial charge in [-0.1, -0.05) is 18.6 Å². The molecule has 1 aliphatic rings. The Bertz CT molecular complexity index is 838. The zero-order valence-electron chi connectivity index (χ0n) is 15.1. The van der Waals surface area contributed by atoms with Crippen LogP contribution in [0.25, 0.3) is 0 Å². The highest BCUT2D eigenvalue weighted by atomic mass is 32.1. The lowest BCUT2D eigenvalue weighted by molar-refractivity contribution is -0.116. The molecule has 26 heavy (non-hydrogen) atoms. The van der Waals surface area contributed by atoms with Gasteiger partial charge < -0.3 is 15.4 Å². The van der Waals surface area contributed by atoms with Gasteiger partial charge in [0.2, 0.25) is 5.91 Å². The van der Waals surface area contributed by atoms with Crippen molar-refractivity contribution in [3.63, 3.8) is 0 Å². The number of aryl methyl sites for hydroxylation is 1. The van der Waals surface area contributed by atoms with Crippen molar-refractivity contribution in [2.45, 2.75) is 45.1 Å². The van der Waals surface area contributed by atoms with Gasteiger partial charge in [-0.3, -0.25) is 4.79 Å². The third-order valence-electron chi connectivity index (χ3n) is 4.64. The normalized spacial score (nSPS) is 14.5. The number of rotatable bonds is 5. The number of carbonyl (C=O) groups excluding carboxylic acids is 1. The molecule has 0 saturated heterocycles. The van der Waals surface area contributed by atoms with Crippen LogP contribution in [0.15, 0.2) is 24.3 Å². The van der Waals surface area contributed by atoms with Crippen LogP contribution in [-0.4, -0.2) is 19.1 Å². The van der Waals surface area contributed by atoms with E-state index in [1.807, 2.05) is 24.3 Å². The van der Waals surface area contributed by atoms with Crippen LogP contribution < -0.4 is 15.4 Å². The molecular formula is C20H23N3O2S. The molecule has 1 aliphatic carbocycles. The fourth-order valence-electron chi connectivity index (χ4n) is 3.23. The molecule has 1 aromatic carbocycles. The molecule has 5 nitrogen and oxygen atoms in total. The molecular weight excluding hydrogens is 346 g/mol. The van der Waals surface area contributed by atoms with Crippen molar-refractivity contribution in [2.24, 2.45) is 0 Å². The van der Waals surface area contributed by atoms with E-state index < -0.39 is 6.04 Å². The number of methoxy groups -OCH3 is 1. The summed E-state index contributed by atoms with van der Waals surface area (Å²) in [7, 11) is 1.60. The third-order valence-corrected chi connectivity index (χ3v) is 5.85. The minimum Gasteiger partial charge on any atom is -0.495 e. The van der Waals surface area contributed by atoms with Crippen LogP contribution in [0.4, 0.5) is 10.7 Å². The van der Waals surface area contributed by atoms with E-state index in [0.717, 1.165) is 36.9 Å². The van der Waals surface area contributed by atoms with Gasteiger partial charge in [0.1, 0.15) is 22.9 Å². The standard InChI is InChI=1S/C20H23N3O2S/c1-13(22-16-9-6-7-10-17(16)25-2)19(24)23-20-15(12-21)14-8-4-3-5-11-18(14)26-20/h6-7,9-10,13,22H,3-5,8,11H2,1-2H3,(H,23,24)/t13-/m1/s1. The van der Waals surface area contributed by atoms with Crippen LogP contribution in [0.2, 0.25) is 0 Å². The quantitative estimate of drug-likeness (QED) is 0.769. The lowest BCUT2D eigenvalue weighted by Crippen LogP contribution is -2.32. The first-order valence-electron chi connectivity index (χ1n) is 8.89. The van der Waals surface area contributed by atoms with Crippen LogP contribution in [0.3, 0.4) is 0 Å². The Morgan fingerprint density at radius 3 is 2.81 bits per heavy atom. The van der Waals surface area contributed by atoms with Crippen LogP contribution in [0.5, 0.6) is 5.75 Å². The minimum absolute atomic E-state index is 0.163. The molecule has 1 aromatic heterocycles. The summed E-state index contributed by atoms with van der Waals surface area (Å²) in [4.78, 5) is 13.9. The summed E-state index contributed by atoms with van der Waals surface area (Å²) in [6.07, 6.45) is 5.39. The number of thiophene rings is 1. The second-order valence-corrected chi connectivity index (χ2v) is 7.54. The molecule has 136 valence electrons.